The standard InChI is InChI=1S/C26H28N2O3S/c1-4-31-21-12-8-7-11-20(21)27-25(30)23-19-14-13-16(2)15-22(19)32-26(23)28-24(29)18-10-6-5-9-17(18)3/h5-12,16H,4,13-15H2,1-3H3,(H,27,30)(H,28,29)/t16-/m1/s1. The molecule has 1 aliphatic rings. The first-order valence-corrected chi connectivity index (χ1v) is 11.8. The van der Waals surface area contributed by atoms with Crippen LogP contribution in [0, 0.1) is 12.8 Å². The van der Waals surface area contributed by atoms with E-state index in [0.29, 0.717) is 40.1 Å². The van der Waals surface area contributed by atoms with Crippen molar-refractivity contribution in [3.05, 3.63) is 75.7 Å². The molecule has 3 aromatic rings. The molecule has 1 aromatic heterocycles. The van der Waals surface area contributed by atoms with Gasteiger partial charge in [0, 0.05) is 10.4 Å². The molecule has 32 heavy (non-hydrogen) atoms. The van der Waals surface area contributed by atoms with Gasteiger partial charge in [-0.15, -0.1) is 11.3 Å². The molecule has 0 radical (unpaired) electrons. The van der Waals surface area contributed by atoms with E-state index in [4.69, 9.17) is 4.74 Å². The van der Waals surface area contributed by atoms with Gasteiger partial charge < -0.3 is 15.4 Å². The maximum Gasteiger partial charge on any atom is 0.259 e. The highest BCUT2D eigenvalue weighted by molar-refractivity contribution is 7.17. The minimum Gasteiger partial charge on any atom is -0.492 e. The van der Waals surface area contributed by atoms with E-state index >= 15 is 0 Å². The smallest absolute Gasteiger partial charge is 0.259 e. The lowest BCUT2D eigenvalue weighted by Gasteiger charge is -2.19. The lowest BCUT2D eigenvalue weighted by Crippen LogP contribution is -2.20. The number of rotatable bonds is 6. The molecule has 4 rings (SSSR count). The second kappa shape index (κ2) is 9.57. The van der Waals surface area contributed by atoms with Crippen LogP contribution in [0.3, 0.4) is 0 Å². The van der Waals surface area contributed by atoms with Crippen LogP contribution in [0.15, 0.2) is 48.5 Å². The first kappa shape index (κ1) is 22.1. The Hall–Kier alpha value is -3.12. The fraction of sp³-hybridized carbons (Fsp3) is 0.308. The summed E-state index contributed by atoms with van der Waals surface area (Å²) in [6, 6.07) is 14.9. The zero-order chi connectivity index (χ0) is 22.7. The van der Waals surface area contributed by atoms with E-state index in [2.05, 4.69) is 17.6 Å². The Balaban J connectivity index is 1.68. The second-order valence-corrected chi connectivity index (χ2v) is 9.31. The minimum absolute atomic E-state index is 0.196. The molecule has 1 atom stereocenters. The van der Waals surface area contributed by atoms with Gasteiger partial charge in [-0.2, -0.15) is 0 Å². The second-order valence-electron chi connectivity index (χ2n) is 8.21. The van der Waals surface area contributed by atoms with Gasteiger partial charge in [-0.1, -0.05) is 37.3 Å². The number of anilines is 2. The van der Waals surface area contributed by atoms with E-state index in [1.54, 1.807) is 6.07 Å². The number of amides is 2. The topological polar surface area (TPSA) is 67.4 Å². The molecule has 0 bridgehead atoms. The average Bonchev–Trinajstić information content (AvgIpc) is 3.12. The van der Waals surface area contributed by atoms with Crippen LogP contribution in [0.4, 0.5) is 10.7 Å². The predicted molar refractivity (Wildman–Crippen MR) is 130 cm³/mol. The van der Waals surface area contributed by atoms with E-state index in [-0.39, 0.29) is 11.8 Å². The van der Waals surface area contributed by atoms with Gasteiger partial charge in [0.2, 0.25) is 0 Å². The van der Waals surface area contributed by atoms with Gasteiger partial charge in [-0.05, 0) is 68.4 Å². The predicted octanol–water partition coefficient (Wildman–Crippen LogP) is 6.08. The molecule has 2 N–H and O–H groups in total. The first-order valence-electron chi connectivity index (χ1n) is 11.0. The van der Waals surface area contributed by atoms with E-state index < -0.39 is 0 Å². The van der Waals surface area contributed by atoms with E-state index in [9.17, 15) is 9.59 Å². The third-order valence-corrected chi connectivity index (χ3v) is 6.96. The number of fused-ring (bicyclic) bond motifs is 1. The summed E-state index contributed by atoms with van der Waals surface area (Å²) in [6.45, 7) is 6.56. The van der Waals surface area contributed by atoms with Crippen LogP contribution >= 0.6 is 11.3 Å². The molecule has 6 heteroatoms. The lowest BCUT2D eigenvalue weighted by molar-refractivity contribution is 0.102. The molecule has 0 fully saturated rings. The summed E-state index contributed by atoms with van der Waals surface area (Å²) in [5, 5.41) is 6.66. The van der Waals surface area contributed by atoms with Crippen molar-refractivity contribution in [2.75, 3.05) is 17.2 Å². The van der Waals surface area contributed by atoms with Crippen molar-refractivity contribution >= 4 is 33.8 Å². The van der Waals surface area contributed by atoms with Crippen molar-refractivity contribution in [3.8, 4) is 5.75 Å². The van der Waals surface area contributed by atoms with Gasteiger partial charge in [0.25, 0.3) is 11.8 Å². The van der Waals surface area contributed by atoms with Crippen LogP contribution in [0.1, 0.15) is 57.0 Å². The van der Waals surface area contributed by atoms with E-state index in [1.807, 2.05) is 56.3 Å². The third-order valence-electron chi connectivity index (χ3n) is 5.79. The monoisotopic (exact) mass is 448 g/mol. The highest BCUT2D eigenvalue weighted by Crippen LogP contribution is 2.40. The number of thiophene rings is 1. The van der Waals surface area contributed by atoms with Crippen molar-refractivity contribution in [2.45, 2.75) is 40.0 Å². The molecular weight excluding hydrogens is 420 g/mol. The van der Waals surface area contributed by atoms with Crippen LogP contribution in [0.2, 0.25) is 0 Å². The van der Waals surface area contributed by atoms with Crippen LogP contribution in [-0.2, 0) is 12.8 Å². The van der Waals surface area contributed by atoms with Crippen LogP contribution < -0.4 is 15.4 Å². The molecule has 2 aromatic carbocycles. The molecule has 0 unspecified atom stereocenters. The summed E-state index contributed by atoms with van der Waals surface area (Å²) in [5.41, 5.74) is 3.77. The van der Waals surface area contributed by atoms with Gasteiger partial charge in [0.05, 0.1) is 17.9 Å². The molecule has 0 aliphatic heterocycles. The number of ether oxygens (including phenoxy) is 1. The van der Waals surface area contributed by atoms with Crippen LogP contribution in [0.5, 0.6) is 5.75 Å². The van der Waals surface area contributed by atoms with Crippen molar-refractivity contribution in [1.82, 2.24) is 0 Å². The van der Waals surface area contributed by atoms with Gasteiger partial charge in [-0.25, -0.2) is 0 Å². The minimum atomic E-state index is -0.218. The molecule has 0 spiro atoms. The Labute approximate surface area is 192 Å². The summed E-state index contributed by atoms with van der Waals surface area (Å²) in [4.78, 5) is 27.7. The zero-order valence-corrected chi connectivity index (χ0v) is 19.5. The van der Waals surface area contributed by atoms with Crippen molar-refractivity contribution in [2.24, 2.45) is 5.92 Å². The van der Waals surface area contributed by atoms with Gasteiger partial charge in [-0.3, -0.25) is 9.59 Å². The molecule has 0 saturated heterocycles. The first-order chi connectivity index (χ1) is 15.5. The number of aryl methyl sites for hydroxylation is 1. The van der Waals surface area contributed by atoms with Gasteiger partial charge in [0.15, 0.2) is 0 Å². The molecule has 5 nitrogen and oxygen atoms in total. The number of carbonyl (C=O) groups excluding carboxylic acids is 2. The fourth-order valence-corrected chi connectivity index (χ4v) is 5.52. The van der Waals surface area contributed by atoms with Crippen molar-refractivity contribution < 1.29 is 14.3 Å². The highest BCUT2D eigenvalue weighted by Gasteiger charge is 2.29. The summed E-state index contributed by atoms with van der Waals surface area (Å²) in [5.74, 6) is 0.782. The van der Waals surface area contributed by atoms with Gasteiger partial charge >= 0.3 is 0 Å². The molecular formula is C26H28N2O3S. The Kier molecular flexibility index (Phi) is 6.61. The van der Waals surface area contributed by atoms with Crippen LogP contribution in [0.25, 0.3) is 0 Å². The number of carbonyl (C=O) groups is 2. The molecule has 2 amide bonds. The van der Waals surface area contributed by atoms with E-state index in [1.165, 1.54) is 16.2 Å². The van der Waals surface area contributed by atoms with E-state index in [0.717, 1.165) is 30.4 Å². The third kappa shape index (κ3) is 4.55. The quantitative estimate of drug-likeness (QED) is 0.480. The maximum absolute atomic E-state index is 13.5. The number of nitrogens with one attached hydrogen (secondary N) is 2. The Morgan fingerprint density at radius 2 is 1.81 bits per heavy atom. The molecule has 0 saturated carbocycles. The summed E-state index contributed by atoms with van der Waals surface area (Å²) in [6.07, 6.45) is 2.80. The largest absolute Gasteiger partial charge is 0.492 e. The highest BCUT2D eigenvalue weighted by atomic mass is 32.1. The molecule has 1 aliphatic carbocycles. The molecule has 166 valence electrons. The fourth-order valence-electron chi connectivity index (χ4n) is 4.11. The summed E-state index contributed by atoms with van der Waals surface area (Å²) >= 11 is 1.52. The number of hydrogen-bond acceptors (Lipinski definition) is 4. The molecule has 1 heterocycles. The van der Waals surface area contributed by atoms with Crippen molar-refractivity contribution in [3.63, 3.8) is 0 Å². The van der Waals surface area contributed by atoms with Crippen molar-refractivity contribution in [1.29, 1.82) is 0 Å². The summed E-state index contributed by atoms with van der Waals surface area (Å²) < 4.78 is 5.67. The Morgan fingerprint density at radius 3 is 2.59 bits per heavy atom. The van der Waals surface area contributed by atoms with Crippen LogP contribution in [-0.4, -0.2) is 18.4 Å². The average molecular weight is 449 g/mol. The number of para-hydroxylation sites is 2. The lowest BCUT2D eigenvalue weighted by atomic mass is 9.88. The normalized spacial score (nSPS) is 15.0. The number of benzene rings is 2. The maximum atomic E-state index is 13.5. The van der Waals surface area contributed by atoms with Gasteiger partial charge in [0.1, 0.15) is 10.8 Å². The summed E-state index contributed by atoms with van der Waals surface area (Å²) in [7, 11) is 0. The number of hydrogen-bond donors (Lipinski definition) is 2. The SMILES string of the molecule is CCOc1ccccc1NC(=O)c1c(NC(=O)c2ccccc2C)sc2c1CC[C@@H](C)C2. The Morgan fingerprint density at radius 1 is 1.06 bits per heavy atom. The zero-order valence-electron chi connectivity index (χ0n) is 18.7. The Bertz CT molecular complexity index is 1150.